The lowest BCUT2D eigenvalue weighted by molar-refractivity contribution is -0.141. The average Bonchev–Trinajstić information content (AvgIpc) is 3.19. The molecular formula is C30H30N2O4. The van der Waals surface area contributed by atoms with E-state index >= 15 is 0 Å². The number of hydrogen-bond acceptors (Lipinski definition) is 5. The zero-order chi connectivity index (χ0) is 25.1. The molecule has 1 aliphatic carbocycles. The zero-order valence-corrected chi connectivity index (χ0v) is 20.4. The molecule has 1 unspecified atom stereocenters. The molecule has 0 bridgehead atoms. The van der Waals surface area contributed by atoms with Crippen LogP contribution in [0.5, 0.6) is 5.75 Å². The number of carbonyl (C=O) groups excluding carboxylic acids is 2. The van der Waals surface area contributed by atoms with Crippen LogP contribution < -0.4 is 4.74 Å². The Kier molecular flexibility index (Phi) is 6.85. The first-order valence-electron chi connectivity index (χ1n) is 12.5. The fourth-order valence-corrected chi connectivity index (χ4v) is 5.26. The van der Waals surface area contributed by atoms with Crippen molar-refractivity contribution in [3.05, 3.63) is 101 Å². The highest BCUT2D eigenvalue weighted by molar-refractivity contribution is 6.46. The number of nitrogens with zero attached hydrogens (tertiary/aromatic N) is 2. The van der Waals surface area contributed by atoms with Gasteiger partial charge in [-0.2, -0.15) is 0 Å². The van der Waals surface area contributed by atoms with E-state index in [0.717, 1.165) is 43.2 Å². The van der Waals surface area contributed by atoms with E-state index < -0.39 is 17.7 Å². The number of aliphatic hydroxyl groups is 1. The van der Waals surface area contributed by atoms with Crippen molar-refractivity contribution in [2.24, 2.45) is 0 Å². The van der Waals surface area contributed by atoms with E-state index in [1.54, 1.807) is 35.4 Å². The molecule has 1 aliphatic heterocycles. The number of likely N-dealkylation sites (tertiary alicyclic amines) is 1. The van der Waals surface area contributed by atoms with E-state index in [2.05, 4.69) is 4.98 Å². The number of aromatic nitrogens is 1. The summed E-state index contributed by atoms with van der Waals surface area (Å²) in [4.78, 5) is 32.7. The summed E-state index contributed by atoms with van der Waals surface area (Å²) < 4.78 is 5.97. The Morgan fingerprint density at radius 1 is 1.00 bits per heavy atom. The molecule has 1 N–H and O–H groups in total. The molecule has 6 heteroatoms. The number of ether oxygens (including phenoxy) is 1. The van der Waals surface area contributed by atoms with Crippen molar-refractivity contribution in [1.82, 2.24) is 9.88 Å². The average molecular weight is 483 g/mol. The van der Waals surface area contributed by atoms with Gasteiger partial charge in [-0.05, 0) is 61.2 Å². The number of pyridine rings is 1. The van der Waals surface area contributed by atoms with E-state index in [1.807, 2.05) is 49.4 Å². The van der Waals surface area contributed by atoms with Crippen LogP contribution in [0.15, 0.2) is 78.5 Å². The van der Waals surface area contributed by atoms with Crippen molar-refractivity contribution in [2.75, 3.05) is 0 Å². The van der Waals surface area contributed by atoms with Gasteiger partial charge >= 0.3 is 0 Å². The minimum Gasteiger partial charge on any atom is -0.507 e. The summed E-state index contributed by atoms with van der Waals surface area (Å²) in [5, 5.41) is 11.4. The summed E-state index contributed by atoms with van der Waals surface area (Å²) in [7, 11) is 0. The van der Waals surface area contributed by atoms with E-state index in [0.29, 0.717) is 23.6 Å². The first kappa shape index (κ1) is 23.8. The normalized spacial score (nSPS) is 20.0. The van der Waals surface area contributed by atoms with Crippen LogP contribution in [0.2, 0.25) is 0 Å². The first-order chi connectivity index (χ1) is 17.5. The van der Waals surface area contributed by atoms with E-state index in [1.165, 1.54) is 0 Å². The van der Waals surface area contributed by atoms with E-state index in [9.17, 15) is 14.7 Å². The summed E-state index contributed by atoms with van der Waals surface area (Å²) >= 11 is 0. The lowest BCUT2D eigenvalue weighted by Crippen LogP contribution is -2.40. The Morgan fingerprint density at radius 3 is 2.44 bits per heavy atom. The van der Waals surface area contributed by atoms with Crippen molar-refractivity contribution in [2.45, 2.75) is 57.7 Å². The van der Waals surface area contributed by atoms with Crippen LogP contribution in [0.4, 0.5) is 0 Å². The number of rotatable bonds is 6. The predicted molar refractivity (Wildman–Crippen MR) is 137 cm³/mol. The number of carbonyl (C=O) groups is 2. The van der Waals surface area contributed by atoms with Gasteiger partial charge < -0.3 is 14.7 Å². The monoisotopic (exact) mass is 482 g/mol. The van der Waals surface area contributed by atoms with Gasteiger partial charge in [-0.1, -0.05) is 55.7 Å². The number of hydrogen-bond donors (Lipinski definition) is 1. The minimum absolute atomic E-state index is 0.0389. The van der Waals surface area contributed by atoms with Crippen LogP contribution >= 0.6 is 0 Å². The molecule has 0 spiro atoms. The smallest absolute Gasteiger partial charge is 0.295 e. The largest absolute Gasteiger partial charge is 0.507 e. The highest BCUT2D eigenvalue weighted by Crippen LogP contribution is 2.42. The van der Waals surface area contributed by atoms with Crippen LogP contribution in [-0.4, -0.2) is 32.7 Å². The third kappa shape index (κ3) is 4.63. The summed E-state index contributed by atoms with van der Waals surface area (Å²) in [6.45, 7) is 2.33. The summed E-state index contributed by atoms with van der Waals surface area (Å²) in [6.07, 6.45) is 6.52. The van der Waals surface area contributed by atoms with Gasteiger partial charge in [0, 0.05) is 17.8 Å². The fraction of sp³-hybridized carbons (Fsp3) is 0.300. The Bertz CT molecular complexity index is 1280. The van der Waals surface area contributed by atoms with Gasteiger partial charge in [0.15, 0.2) is 0 Å². The number of Topliss-reactive ketones (excluding diaryl/α,β-unsaturated/α-hetero) is 1. The molecule has 1 atom stereocenters. The maximum atomic E-state index is 13.3. The second-order valence-corrected chi connectivity index (χ2v) is 9.51. The Balaban J connectivity index is 1.50. The van der Waals surface area contributed by atoms with Gasteiger partial charge in [0.05, 0.1) is 11.3 Å². The third-order valence-corrected chi connectivity index (χ3v) is 7.10. The Hall–Kier alpha value is -3.93. The summed E-state index contributed by atoms with van der Waals surface area (Å²) in [5.41, 5.74) is 3.04. The SMILES string of the molecule is Cc1cc(/C(O)=C2/C(=O)C(=O)N(C3CCCCC3)C2c2ccccn2)ccc1OCc1ccccc1. The fourth-order valence-electron chi connectivity index (χ4n) is 5.26. The standard InChI is InChI=1S/C30H30N2O4/c1-20-18-22(15-16-25(20)36-19-21-10-4-2-5-11-21)28(33)26-27(24-14-8-9-17-31-24)32(30(35)29(26)34)23-12-6-3-7-13-23/h2,4-5,8-11,14-18,23,27,33H,3,6-7,12-13,19H2,1H3/b28-26-. The van der Waals surface area contributed by atoms with Crippen molar-refractivity contribution in [1.29, 1.82) is 0 Å². The van der Waals surface area contributed by atoms with Gasteiger partial charge in [-0.3, -0.25) is 14.6 Å². The molecule has 1 saturated carbocycles. The van der Waals surface area contributed by atoms with Crippen LogP contribution in [0, 0.1) is 6.92 Å². The van der Waals surface area contributed by atoms with Gasteiger partial charge in [-0.25, -0.2) is 0 Å². The van der Waals surface area contributed by atoms with Crippen molar-refractivity contribution >= 4 is 17.4 Å². The zero-order valence-electron chi connectivity index (χ0n) is 20.4. The number of aliphatic hydroxyl groups excluding tert-OH is 1. The molecular weight excluding hydrogens is 452 g/mol. The molecule has 6 nitrogen and oxygen atoms in total. The molecule has 1 amide bonds. The Labute approximate surface area is 211 Å². The maximum absolute atomic E-state index is 13.3. The second-order valence-electron chi connectivity index (χ2n) is 9.51. The molecule has 0 radical (unpaired) electrons. The second kappa shape index (κ2) is 10.4. The molecule has 2 aliphatic rings. The quantitative estimate of drug-likeness (QED) is 0.276. The molecule has 2 aromatic carbocycles. The number of ketones is 1. The first-order valence-corrected chi connectivity index (χ1v) is 12.5. The van der Waals surface area contributed by atoms with Crippen LogP contribution in [0.1, 0.15) is 60.5 Å². The van der Waals surface area contributed by atoms with Crippen molar-refractivity contribution in [3.63, 3.8) is 0 Å². The van der Waals surface area contributed by atoms with Crippen LogP contribution in [-0.2, 0) is 16.2 Å². The Morgan fingerprint density at radius 2 is 1.75 bits per heavy atom. The summed E-state index contributed by atoms with van der Waals surface area (Å²) in [6, 6.07) is 19.9. The lowest BCUT2D eigenvalue weighted by Gasteiger charge is -2.35. The predicted octanol–water partition coefficient (Wildman–Crippen LogP) is 5.72. The number of benzene rings is 2. The topological polar surface area (TPSA) is 79.7 Å². The molecule has 1 aromatic heterocycles. The van der Waals surface area contributed by atoms with Crippen LogP contribution in [0.25, 0.3) is 5.76 Å². The highest BCUT2D eigenvalue weighted by atomic mass is 16.5. The minimum atomic E-state index is -0.705. The molecule has 184 valence electrons. The molecule has 1 saturated heterocycles. The maximum Gasteiger partial charge on any atom is 0.295 e. The third-order valence-electron chi connectivity index (χ3n) is 7.10. The van der Waals surface area contributed by atoms with Gasteiger partial charge in [0.2, 0.25) is 0 Å². The van der Waals surface area contributed by atoms with E-state index in [-0.39, 0.29) is 17.4 Å². The highest BCUT2D eigenvalue weighted by Gasteiger charge is 2.49. The lowest BCUT2D eigenvalue weighted by atomic mass is 9.92. The molecule has 5 rings (SSSR count). The van der Waals surface area contributed by atoms with Crippen molar-refractivity contribution in [3.8, 4) is 5.75 Å². The van der Waals surface area contributed by atoms with Gasteiger partial charge in [-0.15, -0.1) is 0 Å². The molecule has 3 aromatic rings. The molecule has 2 fully saturated rings. The summed E-state index contributed by atoms with van der Waals surface area (Å²) in [5.74, 6) is -0.700. The molecule has 36 heavy (non-hydrogen) atoms. The van der Waals surface area contributed by atoms with Gasteiger partial charge in [0.1, 0.15) is 24.2 Å². The molecule has 2 heterocycles. The van der Waals surface area contributed by atoms with Crippen molar-refractivity contribution < 1.29 is 19.4 Å². The van der Waals surface area contributed by atoms with E-state index in [4.69, 9.17) is 4.74 Å². The van der Waals surface area contributed by atoms with Gasteiger partial charge in [0.25, 0.3) is 11.7 Å². The van der Waals surface area contributed by atoms with Crippen LogP contribution in [0.3, 0.4) is 0 Å². The number of aryl methyl sites for hydroxylation is 1. The number of amides is 1.